The quantitative estimate of drug-likeness (QED) is 0.754. The van der Waals surface area contributed by atoms with Crippen LogP contribution in [0.2, 0.25) is 0 Å². The highest BCUT2D eigenvalue weighted by atomic mass is 19.4. The van der Waals surface area contributed by atoms with Crippen molar-refractivity contribution in [3.8, 4) is 0 Å². The van der Waals surface area contributed by atoms with Gasteiger partial charge in [0.2, 0.25) is 0 Å². The standard InChI is InChI=1S/C10H10F3NO3/c1-9(17,10(11,12)13)6-2-4-7(5-3-6)14-8(15)16/h2-5,14,17H,1H3,(H,15,16)/t9-/m0/s1. The molecule has 0 heterocycles. The molecule has 0 fully saturated rings. The van der Waals surface area contributed by atoms with E-state index in [9.17, 15) is 23.1 Å². The summed E-state index contributed by atoms with van der Waals surface area (Å²) in [4.78, 5) is 10.3. The average molecular weight is 249 g/mol. The highest BCUT2D eigenvalue weighted by Crippen LogP contribution is 2.38. The number of amides is 1. The van der Waals surface area contributed by atoms with Gasteiger partial charge in [0, 0.05) is 5.69 Å². The number of hydrogen-bond donors (Lipinski definition) is 3. The van der Waals surface area contributed by atoms with Crippen LogP contribution >= 0.6 is 0 Å². The average Bonchev–Trinajstić information content (AvgIpc) is 2.15. The van der Waals surface area contributed by atoms with Crippen LogP contribution in [0.4, 0.5) is 23.7 Å². The second-order valence-corrected chi connectivity index (χ2v) is 3.58. The third kappa shape index (κ3) is 2.88. The molecular formula is C10H10F3NO3. The number of nitrogens with one attached hydrogen (secondary N) is 1. The molecule has 0 spiro atoms. The molecule has 1 atom stereocenters. The van der Waals surface area contributed by atoms with Crippen molar-refractivity contribution in [2.24, 2.45) is 0 Å². The van der Waals surface area contributed by atoms with Crippen molar-refractivity contribution in [1.29, 1.82) is 0 Å². The van der Waals surface area contributed by atoms with E-state index < -0.39 is 17.9 Å². The molecule has 0 saturated heterocycles. The maximum absolute atomic E-state index is 12.5. The molecule has 7 heteroatoms. The Morgan fingerprint density at radius 3 is 2.06 bits per heavy atom. The van der Waals surface area contributed by atoms with E-state index in [1.54, 1.807) is 0 Å². The van der Waals surface area contributed by atoms with Crippen LogP contribution in [0.3, 0.4) is 0 Å². The van der Waals surface area contributed by atoms with Crippen LogP contribution < -0.4 is 5.32 Å². The van der Waals surface area contributed by atoms with Crippen molar-refractivity contribution < 1.29 is 28.2 Å². The molecule has 0 radical (unpaired) electrons. The molecule has 1 amide bonds. The second kappa shape index (κ2) is 4.25. The van der Waals surface area contributed by atoms with Crippen molar-refractivity contribution in [2.75, 3.05) is 5.32 Å². The second-order valence-electron chi connectivity index (χ2n) is 3.58. The lowest BCUT2D eigenvalue weighted by atomic mass is 9.95. The fraction of sp³-hybridized carbons (Fsp3) is 0.300. The van der Waals surface area contributed by atoms with Gasteiger partial charge in [-0.25, -0.2) is 4.79 Å². The number of alkyl halides is 3. The lowest BCUT2D eigenvalue weighted by molar-refractivity contribution is -0.258. The van der Waals surface area contributed by atoms with Crippen LogP contribution in [-0.4, -0.2) is 22.5 Å². The van der Waals surface area contributed by atoms with Gasteiger partial charge >= 0.3 is 12.3 Å². The summed E-state index contributed by atoms with van der Waals surface area (Å²) in [6.07, 6.45) is -6.12. The molecule has 3 N–H and O–H groups in total. The predicted octanol–water partition coefficient (Wildman–Crippen LogP) is 2.55. The van der Waals surface area contributed by atoms with Gasteiger partial charge in [-0.3, -0.25) is 5.32 Å². The van der Waals surface area contributed by atoms with E-state index in [1.165, 1.54) is 0 Å². The van der Waals surface area contributed by atoms with E-state index in [0.29, 0.717) is 6.92 Å². The molecule has 0 saturated carbocycles. The first-order chi connectivity index (χ1) is 7.64. The monoisotopic (exact) mass is 249 g/mol. The van der Waals surface area contributed by atoms with Crippen LogP contribution in [0.15, 0.2) is 24.3 Å². The van der Waals surface area contributed by atoms with Crippen LogP contribution in [0.25, 0.3) is 0 Å². The molecule has 0 aliphatic heterocycles. The van der Waals surface area contributed by atoms with Crippen LogP contribution in [0.5, 0.6) is 0 Å². The van der Waals surface area contributed by atoms with Crippen LogP contribution in [0.1, 0.15) is 12.5 Å². The number of aliphatic hydroxyl groups is 1. The molecular weight excluding hydrogens is 239 g/mol. The third-order valence-electron chi connectivity index (χ3n) is 2.25. The van der Waals surface area contributed by atoms with Gasteiger partial charge in [0.1, 0.15) is 0 Å². The molecule has 0 aliphatic rings. The molecule has 17 heavy (non-hydrogen) atoms. The molecule has 0 aromatic heterocycles. The Kier molecular flexibility index (Phi) is 3.33. The maximum atomic E-state index is 12.5. The Labute approximate surface area is 94.7 Å². The Morgan fingerprint density at radius 1 is 1.24 bits per heavy atom. The smallest absolute Gasteiger partial charge is 0.421 e. The van der Waals surface area contributed by atoms with Gasteiger partial charge in [-0.05, 0) is 24.6 Å². The van der Waals surface area contributed by atoms with E-state index in [1.807, 2.05) is 5.32 Å². The first kappa shape index (κ1) is 13.3. The zero-order valence-corrected chi connectivity index (χ0v) is 8.75. The lowest BCUT2D eigenvalue weighted by Gasteiger charge is -2.26. The summed E-state index contributed by atoms with van der Waals surface area (Å²) in [5, 5.41) is 19.7. The molecule has 1 rings (SSSR count). The number of carbonyl (C=O) groups is 1. The van der Waals surface area contributed by atoms with E-state index >= 15 is 0 Å². The molecule has 0 aliphatic carbocycles. The summed E-state index contributed by atoms with van der Waals surface area (Å²) in [6, 6.07) is 4.31. The van der Waals surface area contributed by atoms with E-state index in [-0.39, 0.29) is 11.3 Å². The summed E-state index contributed by atoms with van der Waals surface area (Å²) in [5.41, 5.74) is -3.20. The predicted molar refractivity (Wildman–Crippen MR) is 53.7 cm³/mol. The number of benzene rings is 1. The highest BCUT2D eigenvalue weighted by Gasteiger charge is 2.51. The van der Waals surface area contributed by atoms with Crippen molar-refractivity contribution >= 4 is 11.8 Å². The first-order valence-corrected chi connectivity index (χ1v) is 4.54. The van der Waals surface area contributed by atoms with Gasteiger partial charge in [0.25, 0.3) is 0 Å². The fourth-order valence-electron chi connectivity index (χ4n) is 1.17. The molecule has 94 valence electrons. The van der Waals surface area contributed by atoms with E-state index in [0.717, 1.165) is 24.3 Å². The maximum Gasteiger partial charge on any atom is 0.421 e. The molecule has 0 unspecified atom stereocenters. The third-order valence-corrected chi connectivity index (χ3v) is 2.25. The first-order valence-electron chi connectivity index (χ1n) is 4.54. The summed E-state index contributed by atoms with van der Waals surface area (Å²) in [5.74, 6) is 0. The van der Waals surface area contributed by atoms with Gasteiger partial charge in [-0.15, -0.1) is 0 Å². The Hall–Kier alpha value is -1.76. The number of carboxylic acid groups (broad SMARTS) is 1. The largest absolute Gasteiger partial charge is 0.465 e. The molecule has 1 aromatic rings. The van der Waals surface area contributed by atoms with Gasteiger partial charge in [-0.1, -0.05) is 12.1 Å². The molecule has 4 nitrogen and oxygen atoms in total. The fourth-order valence-corrected chi connectivity index (χ4v) is 1.17. The highest BCUT2D eigenvalue weighted by molar-refractivity contribution is 5.82. The van der Waals surface area contributed by atoms with Crippen LogP contribution in [0, 0.1) is 0 Å². The van der Waals surface area contributed by atoms with E-state index in [4.69, 9.17) is 5.11 Å². The van der Waals surface area contributed by atoms with Crippen molar-refractivity contribution in [1.82, 2.24) is 0 Å². The van der Waals surface area contributed by atoms with Gasteiger partial charge in [-0.2, -0.15) is 13.2 Å². The Morgan fingerprint density at radius 2 is 1.71 bits per heavy atom. The van der Waals surface area contributed by atoms with Gasteiger partial charge in [0.15, 0.2) is 5.60 Å². The summed E-state index contributed by atoms with van der Waals surface area (Å²) >= 11 is 0. The van der Waals surface area contributed by atoms with Gasteiger partial charge < -0.3 is 10.2 Å². The SMILES string of the molecule is C[C@](O)(c1ccc(NC(=O)O)cc1)C(F)(F)F. The Balaban J connectivity index is 2.99. The minimum atomic E-state index is -4.80. The lowest BCUT2D eigenvalue weighted by Crippen LogP contribution is -2.39. The summed E-state index contributed by atoms with van der Waals surface area (Å²) < 4.78 is 37.4. The van der Waals surface area contributed by atoms with Crippen molar-refractivity contribution in [3.63, 3.8) is 0 Å². The van der Waals surface area contributed by atoms with Crippen molar-refractivity contribution in [3.05, 3.63) is 29.8 Å². The minimum Gasteiger partial charge on any atom is -0.465 e. The normalized spacial score (nSPS) is 15.1. The zero-order valence-electron chi connectivity index (χ0n) is 8.75. The minimum absolute atomic E-state index is 0.124. The van der Waals surface area contributed by atoms with Crippen molar-refractivity contribution in [2.45, 2.75) is 18.7 Å². The van der Waals surface area contributed by atoms with E-state index in [2.05, 4.69) is 0 Å². The summed E-state index contributed by atoms with van der Waals surface area (Å²) in [7, 11) is 0. The number of rotatable bonds is 2. The van der Waals surface area contributed by atoms with Crippen LogP contribution in [-0.2, 0) is 5.60 Å². The Bertz CT molecular complexity index is 412. The summed E-state index contributed by atoms with van der Waals surface area (Å²) in [6.45, 7) is 0.632. The molecule has 1 aromatic carbocycles. The molecule has 0 bridgehead atoms. The zero-order chi connectivity index (χ0) is 13.3. The topological polar surface area (TPSA) is 69.6 Å². The number of hydrogen-bond acceptors (Lipinski definition) is 2. The number of anilines is 1. The number of halogens is 3. The van der Waals surface area contributed by atoms with Gasteiger partial charge in [0.05, 0.1) is 0 Å².